The normalized spacial score (nSPS) is 4.17. The third kappa shape index (κ3) is 57.3. The SMILES string of the molecule is CC(=O)O.[Cd].[Cd]. The predicted octanol–water partition coefficient (Wildman–Crippen LogP) is 0.0859. The van der Waals surface area contributed by atoms with E-state index in [2.05, 4.69) is 0 Å². The Labute approximate surface area is 76.6 Å². The van der Waals surface area contributed by atoms with E-state index in [0.717, 1.165) is 6.92 Å². The van der Waals surface area contributed by atoms with Gasteiger partial charge in [-0.05, 0) is 0 Å². The average molecular weight is 285 g/mol. The minimum atomic E-state index is -0.833. The van der Waals surface area contributed by atoms with Crippen LogP contribution in [-0.4, -0.2) is 11.1 Å². The fourth-order valence-corrected chi connectivity index (χ4v) is 0. The molecule has 0 aliphatic carbocycles. The summed E-state index contributed by atoms with van der Waals surface area (Å²) in [6.45, 7) is 1.08. The molecule has 6 heavy (non-hydrogen) atoms. The summed E-state index contributed by atoms with van der Waals surface area (Å²) in [6, 6.07) is 0. The number of hydrogen-bond donors (Lipinski definition) is 1. The van der Waals surface area contributed by atoms with Crippen molar-refractivity contribution in [3.63, 3.8) is 0 Å². The maximum Gasteiger partial charge on any atom is 0.300 e. The van der Waals surface area contributed by atoms with E-state index in [4.69, 9.17) is 9.90 Å². The maximum atomic E-state index is 9.00. The minimum Gasteiger partial charge on any atom is -0.481 e. The third-order valence-corrected chi connectivity index (χ3v) is 0. The summed E-state index contributed by atoms with van der Waals surface area (Å²) in [5.41, 5.74) is 0. The van der Waals surface area contributed by atoms with Crippen molar-refractivity contribution in [1.29, 1.82) is 0 Å². The molecule has 0 aromatic rings. The van der Waals surface area contributed by atoms with Crippen molar-refractivity contribution in [3.05, 3.63) is 0 Å². The van der Waals surface area contributed by atoms with Crippen LogP contribution in [0.2, 0.25) is 0 Å². The molecule has 0 aliphatic heterocycles. The van der Waals surface area contributed by atoms with Gasteiger partial charge in [-0.2, -0.15) is 0 Å². The molecule has 0 aromatic heterocycles. The Morgan fingerprint density at radius 1 is 1.50 bits per heavy atom. The van der Waals surface area contributed by atoms with E-state index >= 15 is 0 Å². The van der Waals surface area contributed by atoms with Gasteiger partial charge in [0.25, 0.3) is 5.97 Å². The second-order valence-electron chi connectivity index (χ2n) is 0.519. The molecule has 0 heterocycles. The molecule has 1 N–H and O–H groups in total. The van der Waals surface area contributed by atoms with Crippen molar-refractivity contribution in [3.8, 4) is 0 Å². The van der Waals surface area contributed by atoms with Crippen LogP contribution >= 0.6 is 0 Å². The topological polar surface area (TPSA) is 37.3 Å². The first-order valence-corrected chi connectivity index (χ1v) is 0.928. The number of rotatable bonds is 0. The Kier molecular flexibility index (Phi) is 25.0. The molecule has 0 fully saturated rings. The number of aliphatic carboxylic acids is 1. The van der Waals surface area contributed by atoms with Gasteiger partial charge in [-0.25, -0.2) is 0 Å². The summed E-state index contributed by atoms with van der Waals surface area (Å²) in [5, 5.41) is 7.42. The van der Waals surface area contributed by atoms with E-state index in [1.165, 1.54) is 0 Å². The van der Waals surface area contributed by atoms with Crippen LogP contribution in [-0.2, 0) is 59.4 Å². The molecule has 0 bridgehead atoms. The number of hydrogen-bond acceptors (Lipinski definition) is 1. The summed E-state index contributed by atoms with van der Waals surface area (Å²) < 4.78 is 0. The molecule has 0 radical (unpaired) electrons. The molecule has 0 aliphatic rings. The fourth-order valence-electron chi connectivity index (χ4n) is 0. The molecule has 2 nitrogen and oxygen atoms in total. The van der Waals surface area contributed by atoms with Crippen LogP contribution in [0, 0.1) is 0 Å². The number of carboxylic acid groups (broad SMARTS) is 1. The standard InChI is InChI=1S/C2H4O2.2Cd/c1-2(3)4;;/h1H3,(H,3,4);;. The summed E-state index contributed by atoms with van der Waals surface area (Å²) >= 11 is 0. The molecule has 0 atom stereocenters. The molecule has 0 saturated carbocycles. The molecule has 0 saturated heterocycles. The van der Waals surface area contributed by atoms with Gasteiger partial charge in [-0.15, -0.1) is 0 Å². The molecule has 0 amide bonds. The molecule has 0 unspecified atom stereocenters. The molecule has 0 aromatic carbocycles. The summed E-state index contributed by atoms with van der Waals surface area (Å²) in [6.07, 6.45) is 0. The van der Waals surface area contributed by atoms with E-state index in [-0.39, 0.29) is 54.6 Å². The Bertz CT molecular complexity index is 32.5. The van der Waals surface area contributed by atoms with Gasteiger partial charge in [0.05, 0.1) is 0 Å². The van der Waals surface area contributed by atoms with Crippen molar-refractivity contribution in [1.82, 2.24) is 0 Å². The third-order valence-electron chi connectivity index (χ3n) is 0. The van der Waals surface area contributed by atoms with Crippen molar-refractivity contribution in [2.75, 3.05) is 0 Å². The maximum absolute atomic E-state index is 9.00. The van der Waals surface area contributed by atoms with E-state index in [0.29, 0.717) is 0 Å². The van der Waals surface area contributed by atoms with Gasteiger partial charge in [0.1, 0.15) is 0 Å². The van der Waals surface area contributed by atoms with Crippen molar-refractivity contribution >= 4 is 5.97 Å². The van der Waals surface area contributed by atoms with Gasteiger partial charge in [-0.3, -0.25) is 4.79 Å². The number of carbonyl (C=O) groups is 1. The van der Waals surface area contributed by atoms with Crippen molar-refractivity contribution in [2.24, 2.45) is 0 Å². The van der Waals surface area contributed by atoms with Crippen LogP contribution in [0.1, 0.15) is 6.92 Å². The van der Waals surface area contributed by atoms with Gasteiger partial charge < -0.3 is 5.11 Å². The molecule has 28 valence electrons. The first-order valence-electron chi connectivity index (χ1n) is 0.928. The number of carboxylic acids is 1. The quantitative estimate of drug-likeness (QED) is 0.640. The average Bonchev–Trinajstić information content (AvgIpc) is 0.811. The monoisotopic (exact) mass is 288 g/mol. The van der Waals surface area contributed by atoms with Crippen LogP contribution in [0.15, 0.2) is 0 Å². The Hall–Kier alpha value is 1.31. The van der Waals surface area contributed by atoms with E-state index in [1.807, 2.05) is 0 Å². The van der Waals surface area contributed by atoms with Gasteiger partial charge >= 0.3 is 0 Å². The zero-order valence-corrected chi connectivity index (χ0v) is 11.8. The van der Waals surface area contributed by atoms with E-state index in [1.54, 1.807) is 0 Å². The molecule has 0 rings (SSSR count). The Morgan fingerprint density at radius 2 is 1.50 bits per heavy atom. The first-order chi connectivity index (χ1) is 1.73. The van der Waals surface area contributed by atoms with Gasteiger partial charge in [0.2, 0.25) is 0 Å². The zero-order valence-electron chi connectivity index (χ0n) is 3.77. The Morgan fingerprint density at radius 3 is 1.50 bits per heavy atom. The second kappa shape index (κ2) is 9.58. The van der Waals surface area contributed by atoms with Gasteiger partial charge in [0.15, 0.2) is 0 Å². The van der Waals surface area contributed by atoms with Crippen LogP contribution in [0.25, 0.3) is 0 Å². The molecular formula is C2H4Cd2O2. The van der Waals surface area contributed by atoms with E-state index < -0.39 is 5.97 Å². The predicted molar refractivity (Wildman–Crippen MR) is 13.3 cm³/mol. The molecule has 0 spiro atoms. The Balaban J connectivity index is -0.0000000450. The van der Waals surface area contributed by atoms with Crippen LogP contribution in [0.5, 0.6) is 0 Å². The van der Waals surface area contributed by atoms with E-state index in [9.17, 15) is 0 Å². The largest absolute Gasteiger partial charge is 0.481 e. The minimum absolute atomic E-state index is 0. The van der Waals surface area contributed by atoms with Crippen molar-refractivity contribution in [2.45, 2.75) is 6.92 Å². The van der Waals surface area contributed by atoms with Crippen LogP contribution in [0.3, 0.4) is 0 Å². The second-order valence-corrected chi connectivity index (χ2v) is 0.519. The molecule has 4 heteroatoms. The summed E-state index contributed by atoms with van der Waals surface area (Å²) in [7, 11) is 0. The van der Waals surface area contributed by atoms with Crippen molar-refractivity contribution < 1.29 is 64.5 Å². The van der Waals surface area contributed by atoms with Crippen LogP contribution in [0.4, 0.5) is 0 Å². The zero-order chi connectivity index (χ0) is 3.58. The first kappa shape index (κ1) is 15.7. The van der Waals surface area contributed by atoms with Crippen LogP contribution < -0.4 is 0 Å². The smallest absolute Gasteiger partial charge is 0.300 e. The summed E-state index contributed by atoms with van der Waals surface area (Å²) in [5.74, 6) is -0.833. The summed E-state index contributed by atoms with van der Waals surface area (Å²) in [4.78, 5) is 9.00. The fraction of sp³-hybridized carbons (Fsp3) is 0.500. The van der Waals surface area contributed by atoms with Gasteiger partial charge in [0, 0.05) is 61.5 Å². The van der Waals surface area contributed by atoms with Gasteiger partial charge in [-0.1, -0.05) is 0 Å². The molecular weight excluding hydrogens is 281 g/mol.